The van der Waals surface area contributed by atoms with Crippen molar-refractivity contribution in [2.24, 2.45) is 0 Å². The normalized spacial score (nSPS) is 11.3. The van der Waals surface area contributed by atoms with E-state index in [0.29, 0.717) is 12.2 Å². The Morgan fingerprint density at radius 2 is 1.80 bits per heavy atom. The van der Waals surface area contributed by atoms with Crippen LogP contribution in [0.4, 0.5) is 17.1 Å². The van der Waals surface area contributed by atoms with E-state index >= 15 is 0 Å². The van der Waals surface area contributed by atoms with Crippen molar-refractivity contribution >= 4 is 27.2 Å². The van der Waals surface area contributed by atoms with Crippen molar-refractivity contribution in [3.05, 3.63) is 48.5 Å². The van der Waals surface area contributed by atoms with Crippen LogP contribution in [0.1, 0.15) is 6.92 Å². The summed E-state index contributed by atoms with van der Waals surface area (Å²) in [6.45, 7) is 2.45. The van der Waals surface area contributed by atoms with Crippen molar-refractivity contribution in [1.29, 1.82) is 0 Å². The van der Waals surface area contributed by atoms with E-state index in [4.69, 9.17) is 5.73 Å². The summed E-state index contributed by atoms with van der Waals surface area (Å²) in [5.41, 5.74) is 7.13. The molecule has 2 aromatic carbocycles. The van der Waals surface area contributed by atoms with E-state index in [9.17, 15) is 13.0 Å². The minimum Gasteiger partial charge on any atom is -0.399 e. The minimum atomic E-state index is -4.34. The van der Waals surface area contributed by atoms with Crippen LogP contribution >= 0.6 is 0 Å². The zero-order valence-corrected chi connectivity index (χ0v) is 11.8. The highest BCUT2D eigenvalue weighted by Crippen LogP contribution is 2.32. The van der Waals surface area contributed by atoms with Crippen molar-refractivity contribution < 1.29 is 13.0 Å². The molecular formula is C14H16N2O3S. The molecule has 2 rings (SSSR count). The number of nitrogen functional groups attached to an aromatic ring is 1. The van der Waals surface area contributed by atoms with Gasteiger partial charge in [0.05, 0.1) is 5.69 Å². The maximum atomic E-state index is 11.5. The predicted molar refractivity (Wildman–Crippen MR) is 79.8 cm³/mol. The zero-order chi connectivity index (χ0) is 14.8. The molecule has 0 unspecified atom stereocenters. The Balaban J connectivity index is 2.62. The van der Waals surface area contributed by atoms with E-state index in [1.54, 1.807) is 17.0 Å². The Morgan fingerprint density at radius 1 is 1.15 bits per heavy atom. The maximum Gasteiger partial charge on any atom is 0.296 e. The second-order valence-corrected chi connectivity index (χ2v) is 5.67. The van der Waals surface area contributed by atoms with Crippen LogP contribution in [-0.2, 0) is 10.1 Å². The molecule has 0 saturated heterocycles. The summed E-state index contributed by atoms with van der Waals surface area (Å²) in [5, 5.41) is 0. The number of anilines is 3. The third-order valence-corrected chi connectivity index (χ3v) is 3.82. The van der Waals surface area contributed by atoms with Gasteiger partial charge in [0, 0.05) is 17.9 Å². The first-order valence-electron chi connectivity index (χ1n) is 6.13. The summed E-state index contributed by atoms with van der Waals surface area (Å²) in [6.07, 6.45) is 0. The van der Waals surface area contributed by atoms with Gasteiger partial charge in [0.2, 0.25) is 0 Å². The molecule has 0 amide bonds. The lowest BCUT2D eigenvalue weighted by Gasteiger charge is -2.25. The first-order chi connectivity index (χ1) is 9.43. The molecule has 106 valence electrons. The van der Waals surface area contributed by atoms with Crippen LogP contribution in [0.3, 0.4) is 0 Å². The van der Waals surface area contributed by atoms with Gasteiger partial charge in [0.25, 0.3) is 10.1 Å². The van der Waals surface area contributed by atoms with Gasteiger partial charge in [-0.3, -0.25) is 4.55 Å². The number of para-hydroxylation sites is 1. The fraction of sp³-hybridized carbons (Fsp3) is 0.143. The van der Waals surface area contributed by atoms with E-state index in [1.807, 2.05) is 37.3 Å². The number of nitrogens with two attached hydrogens (primary N) is 1. The fourth-order valence-corrected chi connectivity index (χ4v) is 2.79. The van der Waals surface area contributed by atoms with Crippen molar-refractivity contribution in [3.63, 3.8) is 0 Å². The highest BCUT2D eigenvalue weighted by molar-refractivity contribution is 7.86. The molecule has 0 atom stereocenters. The summed E-state index contributed by atoms with van der Waals surface area (Å²) >= 11 is 0. The zero-order valence-electron chi connectivity index (χ0n) is 11.0. The van der Waals surface area contributed by atoms with Crippen molar-refractivity contribution in [3.8, 4) is 0 Å². The standard InChI is InChI=1S/C14H16N2O3S/c1-2-16(12-6-4-3-5-7-12)13-9-8-11(15)10-14(13)20(17,18)19/h3-10H,2,15H2,1H3,(H,17,18,19). The Bertz CT molecular complexity index is 700. The molecule has 5 nitrogen and oxygen atoms in total. The summed E-state index contributed by atoms with van der Waals surface area (Å²) < 4.78 is 32.4. The number of hydrogen-bond donors (Lipinski definition) is 2. The molecule has 0 aliphatic rings. The topological polar surface area (TPSA) is 83.6 Å². The molecule has 0 heterocycles. The lowest BCUT2D eigenvalue weighted by atomic mass is 10.2. The predicted octanol–water partition coefficient (Wildman–Crippen LogP) is 2.67. The van der Waals surface area contributed by atoms with Crippen LogP contribution in [-0.4, -0.2) is 19.5 Å². The van der Waals surface area contributed by atoms with E-state index in [0.717, 1.165) is 5.69 Å². The average Bonchev–Trinajstić information content (AvgIpc) is 2.41. The van der Waals surface area contributed by atoms with E-state index in [-0.39, 0.29) is 10.6 Å². The van der Waals surface area contributed by atoms with Gasteiger partial charge in [0.15, 0.2) is 0 Å². The molecule has 0 radical (unpaired) electrons. The first kappa shape index (κ1) is 14.4. The van der Waals surface area contributed by atoms with Gasteiger partial charge in [0.1, 0.15) is 4.90 Å². The first-order valence-corrected chi connectivity index (χ1v) is 7.57. The lowest BCUT2D eigenvalue weighted by molar-refractivity contribution is 0.483. The Hall–Kier alpha value is -2.05. The molecular weight excluding hydrogens is 276 g/mol. The van der Waals surface area contributed by atoms with Crippen LogP contribution in [0.5, 0.6) is 0 Å². The van der Waals surface area contributed by atoms with E-state index in [2.05, 4.69) is 0 Å². The Kier molecular flexibility index (Phi) is 3.96. The molecule has 0 spiro atoms. The Morgan fingerprint density at radius 3 is 2.35 bits per heavy atom. The van der Waals surface area contributed by atoms with Crippen LogP contribution in [0.2, 0.25) is 0 Å². The fourth-order valence-electron chi connectivity index (χ4n) is 2.06. The van der Waals surface area contributed by atoms with E-state index < -0.39 is 10.1 Å². The molecule has 2 aromatic rings. The largest absolute Gasteiger partial charge is 0.399 e. The van der Waals surface area contributed by atoms with Crippen molar-refractivity contribution in [2.45, 2.75) is 11.8 Å². The molecule has 0 aromatic heterocycles. The van der Waals surface area contributed by atoms with Crippen molar-refractivity contribution in [2.75, 3.05) is 17.2 Å². The average molecular weight is 292 g/mol. The molecule has 0 fully saturated rings. The molecule has 0 saturated carbocycles. The number of rotatable bonds is 4. The summed E-state index contributed by atoms with van der Waals surface area (Å²) in [6, 6.07) is 13.8. The summed E-state index contributed by atoms with van der Waals surface area (Å²) in [7, 11) is -4.34. The second kappa shape index (κ2) is 5.52. The van der Waals surface area contributed by atoms with Gasteiger partial charge in [-0.1, -0.05) is 18.2 Å². The lowest BCUT2D eigenvalue weighted by Crippen LogP contribution is -2.19. The molecule has 20 heavy (non-hydrogen) atoms. The monoisotopic (exact) mass is 292 g/mol. The van der Waals surface area contributed by atoms with Gasteiger partial charge >= 0.3 is 0 Å². The quantitative estimate of drug-likeness (QED) is 0.668. The number of nitrogens with zero attached hydrogens (tertiary/aromatic N) is 1. The molecule has 6 heteroatoms. The van der Waals surface area contributed by atoms with Gasteiger partial charge in [-0.2, -0.15) is 8.42 Å². The number of hydrogen-bond acceptors (Lipinski definition) is 4. The third kappa shape index (κ3) is 2.92. The van der Waals surface area contributed by atoms with Crippen LogP contribution in [0.15, 0.2) is 53.4 Å². The summed E-state index contributed by atoms with van der Waals surface area (Å²) in [4.78, 5) is 1.60. The minimum absolute atomic E-state index is 0.191. The summed E-state index contributed by atoms with van der Waals surface area (Å²) in [5.74, 6) is 0. The van der Waals surface area contributed by atoms with Crippen LogP contribution < -0.4 is 10.6 Å². The van der Waals surface area contributed by atoms with Gasteiger partial charge in [-0.15, -0.1) is 0 Å². The maximum absolute atomic E-state index is 11.5. The van der Waals surface area contributed by atoms with Crippen molar-refractivity contribution in [1.82, 2.24) is 0 Å². The van der Waals surface area contributed by atoms with Gasteiger partial charge in [-0.25, -0.2) is 0 Å². The van der Waals surface area contributed by atoms with Crippen LogP contribution in [0.25, 0.3) is 0 Å². The Labute approximate surface area is 118 Å². The highest BCUT2D eigenvalue weighted by Gasteiger charge is 2.20. The molecule has 0 aliphatic carbocycles. The second-order valence-electron chi connectivity index (χ2n) is 4.28. The SMILES string of the molecule is CCN(c1ccccc1)c1ccc(N)cc1S(=O)(=O)O. The molecule has 0 bridgehead atoms. The third-order valence-electron chi connectivity index (χ3n) is 2.94. The highest BCUT2D eigenvalue weighted by atomic mass is 32.2. The van der Waals surface area contributed by atoms with Gasteiger partial charge in [-0.05, 0) is 37.3 Å². The van der Waals surface area contributed by atoms with Crippen LogP contribution in [0, 0.1) is 0 Å². The number of benzene rings is 2. The van der Waals surface area contributed by atoms with E-state index in [1.165, 1.54) is 6.07 Å². The smallest absolute Gasteiger partial charge is 0.296 e. The molecule has 0 aliphatic heterocycles. The molecule has 3 N–H and O–H groups in total. The van der Waals surface area contributed by atoms with Gasteiger partial charge < -0.3 is 10.6 Å².